The van der Waals surface area contributed by atoms with Crippen molar-refractivity contribution in [2.24, 2.45) is 0 Å². The van der Waals surface area contributed by atoms with E-state index >= 15 is 0 Å². The first kappa shape index (κ1) is 15.8. The fourth-order valence-corrected chi connectivity index (χ4v) is 2.22. The van der Waals surface area contributed by atoms with Gasteiger partial charge in [-0.1, -0.05) is 18.2 Å². The highest BCUT2D eigenvalue weighted by molar-refractivity contribution is 5.82. The van der Waals surface area contributed by atoms with Crippen molar-refractivity contribution < 1.29 is 18.0 Å². The van der Waals surface area contributed by atoms with Gasteiger partial charge in [-0.3, -0.25) is 4.79 Å². The smallest absolute Gasteiger partial charge is 0.351 e. The first-order valence-electron chi connectivity index (χ1n) is 6.77. The first-order chi connectivity index (χ1) is 9.88. The number of carbonyl (C=O) groups excluding carboxylic acids is 1. The van der Waals surface area contributed by atoms with Gasteiger partial charge < -0.3 is 16.0 Å². The van der Waals surface area contributed by atoms with Crippen molar-refractivity contribution >= 4 is 5.91 Å². The third kappa shape index (κ3) is 4.18. The summed E-state index contributed by atoms with van der Waals surface area (Å²) in [4.78, 5) is 11.9. The van der Waals surface area contributed by atoms with Crippen LogP contribution in [-0.4, -0.2) is 31.1 Å². The van der Waals surface area contributed by atoms with Gasteiger partial charge in [-0.2, -0.15) is 13.2 Å². The van der Waals surface area contributed by atoms with Crippen molar-refractivity contribution in [3.05, 3.63) is 35.4 Å². The molecule has 21 heavy (non-hydrogen) atoms. The van der Waals surface area contributed by atoms with Crippen molar-refractivity contribution in [3.8, 4) is 0 Å². The fraction of sp³-hybridized carbons (Fsp3) is 0.500. The highest BCUT2D eigenvalue weighted by Gasteiger charge is 2.33. The first-order valence-corrected chi connectivity index (χ1v) is 6.77. The second-order valence-corrected chi connectivity index (χ2v) is 5.14. The topological polar surface area (TPSA) is 53.2 Å². The van der Waals surface area contributed by atoms with Crippen LogP contribution in [0.3, 0.4) is 0 Å². The van der Waals surface area contributed by atoms with Gasteiger partial charge >= 0.3 is 6.18 Å². The van der Waals surface area contributed by atoms with Gasteiger partial charge in [0.05, 0.1) is 11.6 Å². The van der Waals surface area contributed by atoms with Crippen LogP contribution in [0.15, 0.2) is 24.3 Å². The molecule has 0 saturated carbocycles. The van der Waals surface area contributed by atoms with E-state index in [1.54, 1.807) is 0 Å². The van der Waals surface area contributed by atoms with Crippen LogP contribution in [0.1, 0.15) is 18.1 Å². The van der Waals surface area contributed by atoms with E-state index in [4.69, 9.17) is 0 Å². The van der Waals surface area contributed by atoms with E-state index < -0.39 is 17.8 Å². The summed E-state index contributed by atoms with van der Waals surface area (Å²) >= 11 is 0. The fourth-order valence-electron chi connectivity index (χ4n) is 2.22. The monoisotopic (exact) mass is 301 g/mol. The number of halogens is 3. The van der Waals surface area contributed by atoms with Crippen molar-refractivity contribution in [3.63, 3.8) is 0 Å². The third-order valence-corrected chi connectivity index (χ3v) is 3.43. The van der Waals surface area contributed by atoms with Gasteiger partial charge in [0.2, 0.25) is 5.91 Å². The molecule has 116 valence electrons. The van der Waals surface area contributed by atoms with E-state index in [2.05, 4.69) is 16.0 Å². The van der Waals surface area contributed by atoms with Gasteiger partial charge in [0, 0.05) is 25.7 Å². The van der Waals surface area contributed by atoms with Crippen LogP contribution < -0.4 is 16.0 Å². The average Bonchev–Trinajstić information content (AvgIpc) is 2.45. The van der Waals surface area contributed by atoms with Crippen LogP contribution >= 0.6 is 0 Å². The van der Waals surface area contributed by atoms with E-state index in [1.165, 1.54) is 18.2 Å². The van der Waals surface area contributed by atoms with E-state index in [-0.39, 0.29) is 24.1 Å². The molecule has 7 heteroatoms. The Labute approximate surface area is 121 Å². The molecule has 1 fully saturated rings. The number of carbonyl (C=O) groups is 1. The quantitative estimate of drug-likeness (QED) is 0.788. The summed E-state index contributed by atoms with van der Waals surface area (Å²) in [6.45, 7) is 2.97. The number of hydrogen-bond donors (Lipinski definition) is 3. The number of benzene rings is 1. The van der Waals surface area contributed by atoms with Gasteiger partial charge in [0.1, 0.15) is 0 Å². The SMILES string of the molecule is CC1CNC(C(=O)NCc2ccccc2C(F)(F)F)CN1. The van der Waals surface area contributed by atoms with E-state index in [1.807, 2.05) is 6.92 Å². The van der Waals surface area contributed by atoms with Crippen molar-refractivity contribution in [2.75, 3.05) is 13.1 Å². The minimum Gasteiger partial charge on any atom is -0.351 e. The van der Waals surface area contributed by atoms with Crippen LogP contribution in [0.2, 0.25) is 0 Å². The Morgan fingerprint density at radius 1 is 1.29 bits per heavy atom. The summed E-state index contributed by atoms with van der Waals surface area (Å²) in [5.74, 6) is -0.300. The third-order valence-electron chi connectivity index (χ3n) is 3.43. The lowest BCUT2D eigenvalue weighted by atomic mass is 10.1. The van der Waals surface area contributed by atoms with Crippen LogP contribution in [0, 0.1) is 0 Å². The van der Waals surface area contributed by atoms with Crippen molar-refractivity contribution in [2.45, 2.75) is 31.7 Å². The molecule has 0 spiro atoms. The molecule has 2 rings (SSSR count). The zero-order valence-electron chi connectivity index (χ0n) is 11.6. The zero-order chi connectivity index (χ0) is 15.5. The molecule has 1 aromatic carbocycles. The number of hydrogen-bond acceptors (Lipinski definition) is 3. The summed E-state index contributed by atoms with van der Waals surface area (Å²) in [5.41, 5.74) is -0.649. The minimum atomic E-state index is -4.42. The predicted molar refractivity (Wildman–Crippen MR) is 72.5 cm³/mol. The summed E-state index contributed by atoms with van der Waals surface area (Å²) in [6.07, 6.45) is -4.42. The maximum absolute atomic E-state index is 12.8. The summed E-state index contributed by atoms with van der Waals surface area (Å²) in [7, 11) is 0. The standard InChI is InChI=1S/C14H18F3N3O/c1-9-6-19-12(8-18-9)13(21)20-7-10-4-2-3-5-11(10)14(15,16)17/h2-5,9,12,18-19H,6-8H2,1H3,(H,20,21). The largest absolute Gasteiger partial charge is 0.416 e. The average molecular weight is 301 g/mol. The van der Waals surface area contributed by atoms with Crippen molar-refractivity contribution in [1.82, 2.24) is 16.0 Å². The number of nitrogens with one attached hydrogen (secondary N) is 3. The lowest BCUT2D eigenvalue weighted by Gasteiger charge is -2.28. The molecule has 1 aliphatic rings. The summed E-state index contributed by atoms with van der Waals surface area (Å²) in [6, 6.07) is 5.11. The van der Waals surface area contributed by atoms with Crippen LogP contribution in [-0.2, 0) is 17.5 Å². The molecule has 1 heterocycles. The Morgan fingerprint density at radius 3 is 2.62 bits per heavy atom. The number of alkyl halides is 3. The maximum atomic E-state index is 12.8. The Morgan fingerprint density at radius 2 is 2.00 bits per heavy atom. The predicted octanol–water partition coefficient (Wildman–Crippen LogP) is 1.27. The van der Waals surface area contributed by atoms with Crippen LogP contribution in [0.5, 0.6) is 0 Å². The van der Waals surface area contributed by atoms with Gasteiger partial charge in [-0.15, -0.1) is 0 Å². The molecule has 3 N–H and O–H groups in total. The summed E-state index contributed by atoms with van der Waals surface area (Å²) < 4.78 is 38.5. The second kappa shape index (κ2) is 6.44. The summed E-state index contributed by atoms with van der Waals surface area (Å²) in [5, 5.41) is 8.75. The van der Waals surface area contributed by atoms with Crippen LogP contribution in [0.25, 0.3) is 0 Å². The van der Waals surface area contributed by atoms with Gasteiger partial charge in [0.15, 0.2) is 0 Å². The van der Waals surface area contributed by atoms with Gasteiger partial charge in [-0.05, 0) is 18.6 Å². The molecule has 0 bridgehead atoms. The Bertz CT molecular complexity index is 496. The molecule has 0 aromatic heterocycles. The molecule has 0 aliphatic carbocycles. The highest BCUT2D eigenvalue weighted by Crippen LogP contribution is 2.31. The molecule has 1 aromatic rings. The number of amides is 1. The normalized spacial score (nSPS) is 22.9. The molecule has 4 nitrogen and oxygen atoms in total. The Hall–Kier alpha value is -1.60. The molecule has 0 radical (unpaired) electrons. The minimum absolute atomic E-state index is 0.0653. The van der Waals surface area contributed by atoms with Gasteiger partial charge in [0.25, 0.3) is 0 Å². The van der Waals surface area contributed by atoms with E-state index in [9.17, 15) is 18.0 Å². The number of rotatable bonds is 3. The van der Waals surface area contributed by atoms with Crippen molar-refractivity contribution in [1.29, 1.82) is 0 Å². The molecule has 1 saturated heterocycles. The maximum Gasteiger partial charge on any atom is 0.416 e. The Kier molecular flexibility index (Phi) is 4.84. The second-order valence-electron chi connectivity index (χ2n) is 5.14. The van der Waals surface area contributed by atoms with E-state index in [0.29, 0.717) is 13.1 Å². The lowest BCUT2D eigenvalue weighted by molar-refractivity contribution is -0.138. The van der Waals surface area contributed by atoms with Gasteiger partial charge in [-0.25, -0.2) is 0 Å². The molecule has 1 aliphatic heterocycles. The molecule has 2 unspecified atom stereocenters. The zero-order valence-corrected chi connectivity index (χ0v) is 11.6. The van der Waals surface area contributed by atoms with E-state index in [0.717, 1.165) is 6.07 Å². The highest BCUT2D eigenvalue weighted by atomic mass is 19.4. The number of piperazine rings is 1. The Balaban J connectivity index is 1.96. The molecule has 1 amide bonds. The van der Waals surface area contributed by atoms with Crippen LogP contribution in [0.4, 0.5) is 13.2 Å². The lowest BCUT2D eigenvalue weighted by Crippen LogP contribution is -2.58. The molecule has 2 atom stereocenters. The molecular weight excluding hydrogens is 283 g/mol. The molecular formula is C14H18F3N3O.